The molecular formula is C27H34N4O4S2. The van der Waals surface area contributed by atoms with Crippen LogP contribution in [-0.4, -0.2) is 52.4 Å². The molecule has 0 spiro atoms. The molecular weight excluding hydrogens is 508 g/mol. The Morgan fingerprint density at radius 3 is 2.76 bits per heavy atom. The maximum Gasteiger partial charge on any atom is 0.272 e. The SMILES string of the molecule is O=C(CCCn1c(SCC(=O)NC2CCCCC2)nc2c(sc3ccccc32)c1=O)NC[C@H]1CCCO1. The van der Waals surface area contributed by atoms with E-state index in [2.05, 4.69) is 10.6 Å². The van der Waals surface area contributed by atoms with Crippen LogP contribution in [0.1, 0.15) is 57.8 Å². The van der Waals surface area contributed by atoms with Crippen molar-refractivity contribution in [3.63, 3.8) is 0 Å². The summed E-state index contributed by atoms with van der Waals surface area (Å²) in [5.41, 5.74) is 0.576. The van der Waals surface area contributed by atoms with Gasteiger partial charge in [-0.3, -0.25) is 19.0 Å². The molecule has 1 aliphatic carbocycles. The van der Waals surface area contributed by atoms with Crippen molar-refractivity contribution in [1.29, 1.82) is 0 Å². The first-order chi connectivity index (χ1) is 18.1. The second-order valence-electron chi connectivity index (χ2n) is 9.86. The number of fused-ring (bicyclic) bond motifs is 3. The number of amides is 2. The van der Waals surface area contributed by atoms with Crippen molar-refractivity contribution < 1.29 is 14.3 Å². The lowest BCUT2D eigenvalue weighted by molar-refractivity contribution is -0.122. The van der Waals surface area contributed by atoms with E-state index >= 15 is 0 Å². The lowest BCUT2D eigenvalue weighted by Gasteiger charge is -2.22. The van der Waals surface area contributed by atoms with Gasteiger partial charge in [-0.1, -0.05) is 49.2 Å². The third-order valence-electron chi connectivity index (χ3n) is 7.09. The van der Waals surface area contributed by atoms with Crippen molar-refractivity contribution in [1.82, 2.24) is 20.2 Å². The lowest BCUT2D eigenvalue weighted by atomic mass is 9.95. The molecule has 1 saturated carbocycles. The Morgan fingerprint density at radius 1 is 1.11 bits per heavy atom. The molecule has 1 aliphatic heterocycles. The highest BCUT2D eigenvalue weighted by Gasteiger charge is 2.20. The molecule has 0 bridgehead atoms. The number of hydrogen-bond acceptors (Lipinski definition) is 7. The van der Waals surface area contributed by atoms with Crippen LogP contribution >= 0.6 is 23.1 Å². The van der Waals surface area contributed by atoms with Crippen LogP contribution in [0, 0.1) is 0 Å². The van der Waals surface area contributed by atoms with E-state index in [4.69, 9.17) is 9.72 Å². The maximum atomic E-state index is 13.6. The van der Waals surface area contributed by atoms with Gasteiger partial charge in [-0.15, -0.1) is 11.3 Å². The van der Waals surface area contributed by atoms with Gasteiger partial charge in [0.05, 0.1) is 17.4 Å². The van der Waals surface area contributed by atoms with Gasteiger partial charge in [0, 0.05) is 42.2 Å². The van der Waals surface area contributed by atoms with Crippen molar-refractivity contribution in [3.8, 4) is 0 Å². The van der Waals surface area contributed by atoms with Crippen molar-refractivity contribution in [2.45, 2.75) is 81.6 Å². The van der Waals surface area contributed by atoms with Gasteiger partial charge in [0.2, 0.25) is 11.8 Å². The normalized spacial score (nSPS) is 18.4. The summed E-state index contributed by atoms with van der Waals surface area (Å²) in [6, 6.07) is 8.12. The quantitative estimate of drug-likeness (QED) is 0.294. The zero-order valence-electron chi connectivity index (χ0n) is 21.0. The molecule has 1 saturated heterocycles. The first-order valence-electron chi connectivity index (χ1n) is 13.3. The van der Waals surface area contributed by atoms with Crippen molar-refractivity contribution >= 4 is 55.2 Å². The van der Waals surface area contributed by atoms with Gasteiger partial charge in [-0.25, -0.2) is 4.98 Å². The average molecular weight is 543 g/mol. The fourth-order valence-corrected chi connectivity index (χ4v) is 7.05. The average Bonchev–Trinajstić information content (AvgIpc) is 3.56. The van der Waals surface area contributed by atoms with E-state index < -0.39 is 0 Å². The van der Waals surface area contributed by atoms with E-state index in [0.29, 0.717) is 41.3 Å². The number of ether oxygens (including phenoxy) is 1. The number of rotatable bonds is 10. The molecule has 3 aromatic rings. The fraction of sp³-hybridized carbons (Fsp3) is 0.556. The van der Waals surface area contributed by atoms with Gasteiger partial charge in [-0.05, 0) is 38.2 Å². The molecule has 3 heterocycles. The molecule has 1 atom stereocenters. The number of aromatic nitrogens is 2. The Labute approximate surface area is 224 Å². The van der Waals surface area contributed by atoms with E-state index in [-0.39, 0.29) is 35.3 Å². The molecule has 0 unspecified atom stereocenters. The molecule has 2 amide bonds. The van der Waals surface area contributed by atoms with E-state index in [0.717, 1.165) is 55.2 Å². The molecule has 8 nitrogen and oxygen atoms in total. The zero-order valence-corrected chi connectivity index (χ0v) is 22.6. The number of carbonyl (C=O) groups excluding carboxylic acids is 2. The molecule has 2 N–H and O–H groups in total. The minimum absolute atomic E-state index is 0.0264. The smallest absolute Gasteiger partial charge is 0.272 e. The molecule has 10 heteroatoms. The number of thioether (sulfide) groups is 1. The summed E-state index contributed by atoms with van der Waals surface area (Å²) in [4.78, 5) is 43.5. The number of benzene rings is 1. The van der Waals surface area contributed by atoms with Gasteiger partial charge in [0.1, 0.15) is 4.70 Å². The third kappa shape index (κ3) is 6.53. The van der Waals surface area contributed by atoms with E-state index in [1.54, 1.807) is 4.57 Å². The first-order valence-corrected chi connectivity index (χ1v) is 15.1. The van der Waals surface area contributed by atoms with E-state index in [9.17, 15) is 14.4 Å². The van der Waals surface area contributed by atoms with Crippen LogP contribution in [0.3, 0.4) is 0 Å². The summed E-state index contributed by atoms with van der Waals surface area (Å²) in [5.74, 6) is 0.139. The number of nitrogens with zero attached hydrogens (tertiary/aromatic N) is 2. The van der Waals surface area contributed by atoms with Crippen molar-refractivity contribution in [2.75, 3.05) is 18.9 Å². The van der Waals surface area contributed by atoms with E-state index in [1.165, 1.54) is 29.5 Å². The van der Waals surface area contributed by atoms with Gasteiger partial charge in [0.25, 0.3) is 5.56 Å². The molecule has 2 aromatic heterocycles. The summed E-state index contributed by atoms with van der Waals surface area (Å²) in [6.07, 6.45) is 8.55. The van der Waals surface area contributed by atoms with Crippen molar-refractivity contribution in [3.05, 3.63) is 34.6 Å². The van der Waals surface area contributed by atoms with Gasteiger partial charge < -0.3 is 15.4 Å². The lowest BCUT2D eigenvalue weighted by Crippen LogP contribution is -2.37. The van der Waals surface area contributed by atoms with Crippen LogP contribution in [0.25, 0.3) is 20.3 Å². The summed E-state index contributed by atoms with van der Waals surface area (Å²) in [7, 11) is 0. The highest BCUT2D eigenvalue weighted by Crippen LogP contribution is 2.32. The molecule has 2 fully saturated rings. The predicted octanol–water partition coefficient (Wildman–Crippen LogP) is 4.23. The second kappa shape index (κ2) is 12.4. The van der Waals surface area contributed by atoms with Crippen LogP contribution in [0.5, 0.6) is 0 Å². The Morgan fingerprint density at radius 2 is 1.95 bits per heavy atom. The van der Waals surface area contributed by atoms with Crippen LogP contribution in [0.2, 0.25) is 0 Å². The third-order valence-corrected chi connectivity index (χ3v) is 9.21. The van der Waals surface area contributed by atoms with Crippen LogP contribution in [0.15, 0.2) is 34.2 Å². The first kappa shape index (κ1) is 26.2. The Bertz CT molecular complexity index is 1310. The number of thiophene rings is 1. The highest BCUT2D eigenvalue weighted by molar-refractivity contribution is 7.99. The molecule has 5 rings (SSSR count). The van der Waals surface area contributed by atoms with Crippen LogP contribution in [0.4, 0.5) is 0 Å². The minimum Gasteiger partial charge on any atom is -0.376 e. The largest absolute Gasteiger partial charge is 0.376 e. The summed E-state index contributed by atoms with van der Waals surface area (Å²) >= 11 is 2.74. The predicted molar refractivity (Wildman–Crippen MR) is 148 cm³/mol. The Kier molecular flexibility index (Phi) is 8.78. The molecule has 2 aliphatic rings. The van der Waals surface area contributed by atoms with Gasteiger partial charge in [0.15, 0.2) is 5.16 Å². The fourth-order valence-electron chi connectivity index (χ4n) is 5.13. The standard InChI is InChI=1S/C27H34N4O4S2/c32-22(28-16-19-10-7-15-35-19)13-6-14-31-26(34)25-24(20-11-4-5-12-21(20)37-25)30-27(31)36-17-23(33)29-18-8-2-1-3-9-18/h4-5,11-12,18-19H,1-3,6-10,13-17H2,(H,28,32)(H,29,33)/t19-/m1/s1. The number of nitrogens with one attached hydrogen (secondary N) is 2. The maximum absolute atomic E-state index is 13.6. The molecule has 198 valence electrons. The van der Waals surface area contributed by atoms with E-state index in [1.807, 2.05) is 24.3 Å². The highest BCUT2D eigenvalue weighted by atomic mass is 32.2. The van der Waals surface area contributed by atoms with Gasteiger partial charge >= 0.3 is 0 Å². The monoisotopic (exact) mass is 542 g/mol. The second-order valence-corrected chi connectivity index (χ2v) is 11.9. The number of hydrogen-bond donors (Lipinski definition) is 2. The van der Waals surface area contributed by atoms with Crippen molar-refractivity contribution in [2.24, 2.45) is 0 Å². The topological polar surface area (TPSA) is 102 Å². The molecule has 37 heavy (non-hydrogen) atoms. The summed E-state index contributed by atoms with van der Waals surface area (Å²) < 4.78 is 8.83. The summed E-state index contributed by atoms with van der Waals surface area (Å²) in [6.45, 7) is 1.66. The Hall–Kier alpha value is -2.43. The minimum atomic E-state index is -0.110. The van der Waals surface area contributed by atoms with Gasteiger partial charge in [-0.2, -0.15) is 0 Å². The Balaban J connectivity index is 1.29. The zero-order chi connectivity index (χ0) is 25.6. The number of carbonyl (C=O) groups is 2. The summed E-state index contributed by atoms with van der Waals surface area (Å²) in [5, 5.41) is 7.57. The van der Waals surface area contributed by atoms with Crippen LogP contribution < -0.4 is 16.2 Å². The molecule has 1 aromatic carbocycles. The van der Waals surface area contributed by atoms with Crippen LogP contribution in [-0.2, 0) is 20.9 Å². The molecule has 0 radical (unpaired) electrons.